The Morgan fingerprint density at radius 2 is 0.922 bits per heavy atom. The maximum atomic E-state index is 13.6. The van der Waals surface area contributed by atoms with Crippen molar-refractivity contribution in [2.24, 2.45) is 11.8 Å². The molecule has 0 bridgehead atoms. The fraction of sp³-hybridized carbons (Fsp3) is 0.474. The molecule has 0 N–H and O–H groups in total. The first-order valence-corrected chi connectivity index (χ1v) is 17.1. The molecule has 2 aliphatic heterocycles. The number of likely N-dealkylation sites (tertiary alicyclic amines) is 2. The smallest absolute Gasteiger partial charge is 0.410 e. The number of carbonyl (C=O) groups excluding carboxylic acids is 8. The van der Waals surface area contributed by atoms with E-state index in [0.717, 1.165) is 0 Å². The Labute approximate surface area is 294 Å². The minimum absolute atomic E-state index is 0.0122. The summed E-state index contributed by atoms with van der Waals surface area (Å²) in [6, 6.07) is 6.37. The lowest BCUT2D eigenvalue weighted by Gasteiger charge is -2.28. The van der Waals surface area contributed by atoms with Gasteiger partial charge in [-0.25, -0.2) is 9.59 Å². The minimum Gasteiger partial charge on any atom is -0.457 e. The average molecular weight is 701 g/mol. The van der Waals surface area contributed by atoms with Crippen molar-refractivity contribution < 1.29 is 52.6 Å². The Morgan fingerprint density at radius 3 is 1.27 bits per heavy atom. The van der Waals surface area contributed by atoms with Gasteiger partial charge in [0.2, 0.25) is 0 Å². The highest BCUT2D eigenvalue weighted by Crippen LogP contribution is 2.37. The number of rotatable bonds is 6. The molecule has 0 radical (unpaired) electrons. The lowest BCUT2D eigenvalue weighted by Crippen LogP contribution is -2.47. The minimum atomic E-state index is -1.60. The van der Waals surface area contributed by atoms with Crippen LogP contribution < -0.4 is 4.74 Å². The largest absolute Gasteiger partial charge is 0.457 e. The second-order valence-electron chi connectivity index (χ2n) is 15.3. The number of fused-ring (bicyclic) bond motifs is 2. The van der Waals surface area contributed by atoms with Crippen LogP contribution in [-0.4, -0.2) is 93.1 Å². The molecule has 2 aliphatic carbocycles. The molecule has 0 saturated carbocycles. The van der Waals surface area contributed by atoms with E-state index in [-0.39, 0.29) is 46.8 Å². The third-order valence-electron chi connectivity index (χ3n) is 9.32. The van der Waals surface area contributed by atoms with Gasteiger partial charge in [-0.3, -0.25) is 38.6 Å². The Bertz CT molecular complexity index is 1760. The molecule has 4 atom stereocenters. The number of hydrogen-bond donors (Lipinski definition) is 0. The Balaban J connectivity index is 1.17. The van der Waals surface area contributed by atoms with Crippen molar-refractivity contribution in [1.29, 1.82) is 0 Å². The SMILES string of the molecule is CC(C)(C)OC(=O)N1CCC[C@H]1C(=O)C1C(=O)c2ccc(Oc3ccc4c(c3)C(=O)C(C(=O)[C@@H]3CCCN3C(=O)OC(C)(C)C)C4=O)cc2C1=O. The maximum Gasteiger partial charge on any atom is 0.410 e. The first kappa shape index (κ1) is 35.6. The highest BCUT2D eigenvalue weighted by atomic mass is 16.6. The summed E-state index contributed by atoms with van der Waals surface area (Å²) in [6.45, 7) is 10.8. The van der Waals surface area contributed by atoms with Gasteiger partial charge in [-0.05, 0) is 104 Å². The Morgan fingerprint density at radius 1 is 0.569 bits per heavy atom. The number of carbonyl (C=O) groups is 8. The van der Waals surface area contributed by atoms with E-state index in [1.165, 1.54) is 46.2 Å². The van der Waals surface area contributed by atoms with Gasteiger partial charge in [-0.15, -0.1) is 0 Å². The Hall–Kier alpha value is -5.20. The fourth-order valence-corrected chi connectivity index (χ4v) is 7.11. The van der Waals surface area contributed by atoms with Gasteiger partial charge in [-0.2, -0.15) is 0 Å². The molecule has 2 saturated heterocycles. The van der Waals surface area contributed by atoms with Crippen LogP contribution in [0.1, 0.15) is 109 Å². The van der Waals surface area contributed by atoms with Gasteiger partial charge in [0.1, 0.15) is 34.5 Å². The summed E-state index contributed by atoms with van der Waals surface area (Å²) in [7, 11) is 0. The second kappa shape index (κ2) is 12.8. The van der Waals surface area contributed by atoms with Crippen LogP contribution >= 0.6 is 0 Å². The summed E-state index contributed by atoms with van der Waals surface area (Å²) in [5.74, 6) is -7.01. The first-order valence-electron chi connectivity index (χ1n) is 17.1. The van der Waals surface area contributed by atoms with Crippen LogP contribution in [0.15, 0.2) is 36.4 Å². The molecule has 2 fully saturated rings. The molecule has 2 aromatic carbocycles. The molecule has 2 amide bonds. The van der Waals surface area contributed by atoms with Gasteiger partial charge in [0.05, 0.1) is 12.1 Å². The molecule has 0 spiro atoms. The quantitative estimate of drug-likeness (QED) is 0.353. The molecule has 13 heteroatoms. The van der Waals surface area contributed by atoms with Crippen LogP contribution in [0.4, 0.5) is 9.59 Å². The summed E-state index contributed by atoms with van der Waals surface area (Å²) >= 11 is 0. The molecule has 13 nitrogen and oxygen atoms in total. The van der Waals surface area contributed by atoms with Crippen LogP contribution in [-0.2, 0) is 19.1 Å². The number of ketones is 6. The molecular weight excluding hydrogens is 660 g/mol. The van der Waals surface area contributed by atoms with Crippen LogP contribution in [0.5, 0.6) is 11.5 Å². The van der Waals surface area contributed by atoms with Gasteiger partial charge in [0, 0.05) is 35.3 Å². The topological polar surface area (TPSA) is 171 Å². The van der Waals surface area contributed by atoms with Crippen molar-refractivity contribution in [3.05, 3.63) is 58.7 Å². The highest BCUT2D eigenvalue weighted by Gasteiger charge is 2.50. The molecular formula is C38H40N2O11. The van der Waals surface area contributed by atoms with E-state index >= 15 is 0 Å². The van der Waals surface area contributed by atoms with Crippen molar-refractivity contribution in [1.82, 2.24) is 9.80 Å². The number of hydrogen-bond acceptors (Lipinski definition) is 11. The summed E-state index contributed by atoms with van der Waals surface area (Å²) in [5, 5.41) is 0. The number of Topliss-reactive ketones (excluding diaryl/α,β-unsaturated/α-hetero) is 6. The van der Waals surface area contributed by atoms with E-state index in [4.69, 9.17) is 14.2 Å². The molecule has 0 aromatic heterocycles. The fourth-order valence-electron chi connectivity index (χ4n) is 7.11. The van der Waals surface area contributed by atoms with E-state index in [0.29, 0.717) is 25.7 Å². The molecule has 51 heavy (non-hydrogen) atoms. The second-order valence-corrected chi connectivity index (χ2v) is 15.3. The molecule has 6 rings (SSSR count). The van der Waals surface area contributed by atoms with Gasteiger partial charge < -0.3 is 14.2 Å². The van der Waals surface area contributed by atoms with Crippen LogP contribution in [0.25, 0.3) is 0 Å². The van der Waals surface area contributed by atoms with Crippen molar-refractivity contribution in [3.63, 3.8) is 0 Å². The average Bonchev–Trinajstić information content (AvgIpc) is 3.81. The lowest BCUT2D eigenvalue weighted by atomic mass is 9.92. The van der Waals surface area contributed by atoms with E-state index in [2.05, 4.69) is 0 Å². The van der Waals surface area contributed by atoms with E-state index in [9.17, 15) is 38.4 Å². The third-order valence-corrected chi connectivity index (χ3v) is 9.32. The van der Waals surface area contributed by atoms with Crippen LogP contribution in [0.3, 0.4) is 0 Å². The lowest BCUT2D eigenvalue weighted by molar-refractivity contribution is -0.125. The maximum absolute atomic E-state index is 13.6. The zero-order chi connectivity index (χ0) is 37.2. The monoisotopic (exact) mass is 700 g/mol. The summed E-state index contributed by atoms with van der Waals surface area (Å²) < 4.78 is 16.8. The number of amides is 2. The van der Waals surface area contributed by atoms with Gasteiger partial charge in [0.25, 0.3) is 0 Å². The molecule has 2 heterocycles. The predicted octanol–water partition coefficient (Wildman–Crippen LogP) is 5.41. The zero-order valence-electron chi connectivity index (χ0n) is 29.4. The molecule has 2 aromatic rings. The van der Waals surface area contributed by atoms with Gasteiger partial charge in [-0.1, -0.05) is 0 Å². The van der Waals surface area contributed by atoms with Crippen molar-refractivity contribution >= 4 is 46.9 Å². The summed E-state index contributed by atoms with van der Waals surface area (Å²) in [6.07, 6.45) is 0.268. The number of nitrogens with zero attached hydrogens (tertiary/aromatic N) is 2. The molecule has 268 valence electrons. The normalized spacial score (nSPS) is 23.0. The van der Waals surface area contributed by atoms with Crippen molar-refractivity contribution in [2.45, 2.75) is 90.5 Å². The standard InChI is InChI=1S/C38H40N2O11/c1-37(2,3)50-35(47)39-15-7-9-25(39)33(45)27-29(41)21-13-11-19(17-23(21)31(27)43)49-20-12-14-22-24(18-20)32(44)28(30(22)42)34(46)26-10-8-16-40(26)36(48)51-38(4,5)6/h11-14,17-18,25-28H,7-10,15-16H2,1-6H3/t25-,26-,27?,28?/m0/s1. The number of ether oxygens (including phenoxy) is 3. The number of benzene rings is 2. The van der Waals surface area contributed by atoms with E-state index in [1.807, 2.05) is 0 Å². The zero-order valence-corrected chi connectivity index (χ0v) is 29.4. The van der Waals surface area contributed by atoms with Crippen LogP contribution in [0, 0.1) is 11.8 Å². The third kappa shape index (κ3) is 6.68. The van der Waals surface area contributed by atoms with E-state index < -0.39 is 82.0 Å². The Kier molecular flexibility index (Phi) is 8.97. The molecule has 4 aliphatic rings. The van der Waals surface area contributed by atoms with Gasteiger partial charge >= 0.3 is 12.2 Å². The van der Waals surface area contributed by atoms with E-state index in [1.54, 1.807) is 41.5 Å². The first-order chi connectivity index (χ1) is 23.9. The molecule has 2 unspecified atom stereocenters. The summed E-state index contributed by atoms with van der Waals surface area (Å²) in [5.41, 5.74) is -1.50. The van der Waals surface area contributed by atoms with Crippen LogP contribution in [0.2, 0.25) is 0 Å². The van der Waals surface area contributed by atoms with Gasteiger partial charge in [0.15, 0.2) is 34.7 Å². The highest BCUT2D eigenvalue weighted by molar-refractivity contribution is 6.37. The van der Waals surface area contributed by atoms with Crippen molar-refractivity contribution in [2.75, 3.05) is 13.1 Å². The van der Waals surface area contributed by atoms with Crippen molar-refractivity contribution in [3.8, 4) is 11.5 Å². The summed E-state index contributed by atoms with van der Waals surface area (Å²) in [4.78, 5) is 109. The predicted molar refractivity (Wildman–Crippen MR) is 179 cm³/mol.